The minimum Gasteiger partial charge on any atom is -0.469 e. The van der Waals surface area contributed by atoms with Gasteiger partial charge in [-0.05, 0) is 31.0 Å². The molecule has 1 unspecified atom stereocenters. The Morgan fingerprint density at radius 3 is 2.52 bits per heavy atom. The number of benzene rings is 2. The number of fused-ring (bicyclic) bond motifs is 2. The molecule has 1 spiro atoms. The summed E-state index contributed by atoms with van der Waals surface area (Å²) in [7, 11) is 0. The third-order valence-corrected chi connectivity index (χ3v) is 4.94. The van der Waals surface area contributed by atoms with Gasteiger partial charge >= 0.3 is 0 Å². The molecule has 0 N–H and O–H groups in total. The molecule has 4 rings (SSSR count). The van der Waals surface area contributed by atoms with Crippen molar-refractivity contribution in [3.63, 3.8) is 0 Å². The Hall–Kier alpha value is -2.88. The zero-order chi connectivity index (χ0) is 17.8. The smallest absolute Gasteiger partial charge is 0.276 e. The van der Waals surface area contributed by atoms with Crippen LogP contribution in [-0.2, 0) is 26.5 Å². The Labute approximate surface area is 146 Å². The summed E-state index contributed by atoms with van der Waals surface area (Å²) in [4.78, 5) is 27.2. The molecule has 25 heavy (non-hydrogen) atoms. The van der Waals surface area contributed by atoms with E-state index in [-0.39, 0.29) is 23.9 Å². The normalized spacial score (nSPS) is 21.8. The number of rotatable bonds is 2. The lowest BCUT2D eigenvalue weighted by Gasteiger charge is -2.23. The zero-order valence-electron chi connectivity index (χ0n) is 14.3. The van der Waals surface area contributed by atoms with Crippen molar-refractivity contribution < 1.29 is 14.3 Å². The monoisotopic (exact) mass is 333 g/mol. The first-order valence-corrected chi connectivity index (χ1v) is 8.31. The van der Waals surface area contributed by atoms with Gasteiger partial charge in [0.05, 0.1) is 18.7 Å². The number of hydrogen-bond acceptors (Lipinski definition) is 3. The Morgan fingerprint density at radius 1 is 1.16 bits per heavy atom. The number of allylic oxidation sites excluding steroid dienone is 1. The third-order valence-electron chi connectivity index (χ3n) is 4.94. The lowest BCUT2D eigenvalue weighted by molar-refractivity contribution is -0.135. The van der Waals surface area contributed by atoms with Crippen LogP contribution in [0.4, 0.5) is 5.69 Å². The standard InChI is InChI=1S/C21H19NO3/c1-13-9-14(2)19-17(10-13)21(11-18(23)15(3)25-21)20(24)22(19)12-16-7-5-4-6-8-16/h4-10H,3,11-12H2,1-2H3. The summed E-state index contributed by atoms with van der Waals surface area (Å²) in [5, 5.41) is 0. The summed E-state index contributed by atoms with van der Waals surface area (Å²) in [6.07, 6.45) is 0.0197. The first kappa shape index (κ1) is 15.6. The molecule has 2 aromatic carbocycles. The van der Waals surface area contributed by atoms with Gasteiger partial charge in [0.15, 0.2) is 5.76 Å². The van der Waals surface area contributed by atoms with E-state index < -0.39 is 5.60 Å². The number of aryl methyl sites for hydroxylation is 2. The maximum atomic E-state index is 13.4. The van der Waals surface area contributed by atoms with Crippen LogP contribution < -0.4 is 4.90 Å². The second kappa shape index (κ2) is 5.31. The summed E-state index contributed by atoms with van der Waals surface area (Å²) in [5.74, 6) is -0.327. The number of ether oxygens (including phenoxy) is 1. The maximum absolute atomic E-state index is 13.4. The summed E-state index contributed by atoms with van der Waals surface area (Å²) in [6.45, 7) is 8.09. The molecule has 0 radical (unpaired) electrons. The molecule has 2 heterocycles. The van der Waals surface area contributed by atoms with Crippen LogP contribution >= 0.6 is 0 Å². The molecule has 0 aromatic heterocycles. The number of anilines is 1. The number of ketones is 1. The quantitative estimate of drug-likeness (QED) is 0.790. The third kappa shape index (κ3) is 2.21. The van der Waals surface area contributed by atoms with Crippen molar-refractivity contribution in [2.75, 3.05) is 4.90 Å². The van der Waals surface area contributed by atoms with Crippen LogP contribution in [0.25, 0.3) is 0 Å². The lowest BCUT2D eigenvalue weighted by Crippen LogP contribution is -2.39. The summed E-state index contributed by atoms with van der Waals surface area (Å²) in [5.41, 5.74) is 3.44. The van der Waals surface area contributed by atoms with Crippen molar-refractivity contribution in [1.82, 2.24) is 0 Å². The van der Waals surface area contributed by atoms with Crippen molar-refractivity contribution in [2.45, 2.75) is 32.4 Å². The van der Waals surface area contributed by atoms with Crippen LogP contribution in [0.15, 0.2) is 54.8 Å². The highest BCUT2D eigenvalue weighted by Gasteiger charge is 2.58. The van der Waals surface area contributed by atoms with Crippen LogP contribution in [0.3, 0.4) is 0 Å². The van der Waals surface area contributed by atoms with Crippen LogP contribution in [0.5, 0.6) is 0 Å². The Bertz CT molecular complexity index is 898. The Kier molecular flexibility index (Phi) is 3.32. The van der Waals surface area contributed by atoms with Crippen molar-refractivity contribution in [1.29, 1.82) is 0 Å². The van der Waals surface area contributed by atoms with E-state index >= 15 is 0 Å². The zero-order valence-corrected chi connectivity index (χ0v) is 14.3. The summed E-state index contributed by atoms with van der Waals surface area (Å²) < 4.78 is 5.80. The lowest BCUT2D eigenvalue weighted by atomic mass is 9.89. The minimum absolute atomic E-state index is 0.0197. The van der Waals surface area contributed by atoms with E-state index in [9.17, 15) is 9.59 Å². The second-order valence-corrected chi connectivity index (χ2v) is 6.81. The molecule has 1 amide bonds. The second-order valence-electron chi connectivity index (χ2n) is 6.81. The Morgan fingerprint density at radius 2 is 1.88 bits per heavy atom. The molecule has 0 bridgehead atoms. The van der Waals surface area contributed by atoms with E-state index in [1.54, 1.807) is 4.90 Å². The minimum atomic E-state index is -1.25. The van der Waals surface area contributed by atoms with Crippen molar-refractivity contribution in [3.05, 3.63) is 77.1 Å². The van der Waals surface area contributed by atoms with Gasteiger partial charge < -0.3 is 9.64 Å². The molecule has 2 aliphatic heterocycles. The van der Waals surface area contributed by atoms with Gasteiger partial charge in [0, 0.05) is 5.56 Å². The van der Waals surface area contributed by atoms with Gasteiger partial charge in [0.2, 0.25) is 11.4 Å². The molecule has 2 aliphatic rings. The van der Waals surface area contributed by atoms with Gasteiger partial charge in [0.1, 0.15) is 0 Å². The highest BCUT2D eigenvalue weighted by molar-refractivity contribution is 6.13. The molecule has 126 valence electrons. The number of amides is 1. The molecule has 4 heteroatoms. The predicted molar refractivity (Wildman–Crippen MR) is 95.1 cm³/mol. The largest absolute Gasteiger partial charge is 0.469 e. The molecule has 1 saturated heterocycles. The summed E-state index contributed by atoms with van der Waals surface area (Å²) >= 11 is 0. The van der Waals surface area contributed by atoms with Crippen molar-refractivity contribution in [3.8, 4) is 0 Å². The average molecular weight is 333 g/mol. The molecule has 2 aromatic rings. The first-order chi connectivity index (χ1) is 11.9. The predicted octanol–water partition coefficient (Wildman–Crippen LogP) is 3.55. The molecule has 1 fully saturated rings. The van der Waals surface area contributed by atoms with Crippen LogP contribution in [0.2, 0.25) is 0 Å². The van der Waals surface area contributed by atoms with E-state index in [0.717, 1.165) is 27.9 Å². The van der Waals surface area contributed by atoms with Crippen molar-refractivity contribution >= 4 is 17.4 Å². The van der Waals surface area contributed by atoms with Crippen LogP contribution in [0, 0.1) is 13.8 Å². The number of nitrogens with zero attached hydrogens (tertiary/aromatic N) is 1. The molecular formula is C21H19NO3. The summed E-state index contributed by atoms with van der Waals surface area (Å²) in [6, 6.07) is 13.8. The number of carbonyl (C=O) groups excluding carboxylic acids is 2. The fraction of sp³-hybridized carbons (Fsp3) is 0.238. The van der Waals surface area contributed by atoms with Crippen LogP contribution in [0.1, 0.15) is 28.7 Å². The van der Waals surface area contributed by atoms with Gasteiger partial charge in [-0.2, -0.15) is 0 Å². The van der Waals surface area contributed by atoms with Crippen LogP contribution in [-0.4, -0.2) is 11.7 Å². The molecule has 0 aliphatic carbocycles. The highest BCUT2D eigenvalue weighted by atomic mass is 16.5. The number of Topliss-reactive ketones (excluding diaryl/α,β-unsaturated/α-hetero) is 1. The van der Waals surface area contributed by atoms with Gasteiger partial charge in [-0.25, -0.2) is 0 Å². The van der Waals surface area contributed by atoms with E-state index in [0.29, 0.717) is 6.54 Å². The number of hydrogen-bond donors (Lipinski definition) is 0. The van der Waals surface area contributed by atoms with E-state index in [4.69, 9.17) is 4.74 Å². The fourth-order valence-corrected chi connectivity index (χ4v) is 3.88. The molecule has 1 atom stereocenters. The SMILES string of the molecule is C=C1OC2(CC1=O)C(=O)N(Cc1ccccc1)c1c(C)cc(C)cc12. The van der Waals surface area contributed by atoms with Gasteiger partial charge in [-0.15, -0.1) is 0 Å². The van der Waals surface area contributed by atoms with E-state index in [1.165, 1.54) is 0 Å². The van der Waals surface area contributed by atoms with Crippen molar-refractivity contribution in [2.24, 2.45) is 0 Å². The van der Waals surface area contributed by atoms with Gasteiger partial charge in [0.25, 0.3) is 5.91 Å². The number of carbonyl (C=O) groups is 2. The maximum Gasteiger partial charge on any atom is 0.276 e. The first-order valence-electron chi connectivity index (χ1n) is 8.31. The van der Waals surface area contributed by atoms with E-state index in [1.807, 2.05) is 50.2 Å². The molecule has 0 saturated carbocycles. The average Bonchev–Trinajstić information content (AvgIpc) is 2.99. The van der Waals surface area contributed by atoms with E-state index in [2.05, 4.69) is 12.6 Å². The molecular weight excluding hydrogens is 314 g/mol. The molecule has 4 nitrogen and oxygen atoms in total. The highest BCUT2D eigenvalue weighted by Crippen LogP contribution is 2.51. The van der Waals surface area contributed by atoms with Gasteiger partial charge in [-0.3, -0.25) is 9.59 Å². The Balaban J connectivity index is 1.88. The fourth-order valence-electron chi connectivity index (χ4n) is 3.88. The van der Waals surface area contributed by atoms with Gasteiger partial charge in [-0.1, -0.05) is 48.5 Å². The topological polar surface area (TPSA) is 46.6 Å².